The van der Waals surface area contributed by atoms with Crippen molar-refractivity contribution in [3.63, 3.8) is 0 Å². The van der Waals surface area contributed by atoms with Crippen LogP contribution in [0.15, 0.2) is 18.2 Å². The molecule has 13 heavy (non-hydrogen) atoms. The average Bonchev–Trinajstić information content (AvgIpc) is 1.93. The van der Waals surface area contributed by atoms with Crippen LogP contribution in [0.2, 0.25) is 5.02 Å². The van der Waals surface area contributed by atoms with Gasteiger partial charge < -0.3 is 4.18 Å². The Balaban J connectivity index is 3.04. The normalized spacial score (nSPS) is 11.3. The minimum atomic E-state index is -5.00. The molecule has 0 fully saturated rings. The predicted octanol–water partition coefficient (Wildman–Crippen LogP) is 2.24. The van der Waals surface area contributed by atoms with Crippen molar-refractivity contribution in [3.05, 3.63) is 28.8 Å². The maximum atomic E-state index is 12.0. The number of hydrogen-bond acceptors (Lipinski definition) is 3. The minimum absolute atomic E-state index is 0.0567. The van der Waals surface area contributed by atoms with Crippen LogP contribution in [0.4, 0.5) is 3.89 Å². The molecule has 0 saturated heterocycles. The van der Waals surface area contributed by atoms with Gasteiger partial charge in [-0.25, -0.2) is 0 Å². The molecule has 0 aliphatic carbocycles. The average molecular weight is 225 g/mol. The van der Waals surface area contributed by atoms with Crippen LogP contribution in [0, 0.1) is 6.92 Å². The Kier molecular flexibility index (Phi) is 2.77. The first-order chi connectivity index (χ1) is 5.88. The lowest BCUT2D eigenvalue weighted by Crippen LogP contribution is -2.01. The molecule has 0 radical (unpaired) electrons. The third kappa shape index (κ3) is 3.20. The Labute approximate surface area is 80.5 Å². The zero-order valence-corrected chi connectivity index (χ0v) is 8.19. The maximum Gasteiger partial charge on any atom is 0.488 e. The number of rotatable bonds is 2. The summed E-state index contributed by atoms with van der Waals surface area (Å²) in [5.74, 6) is -0.213. The number of halogens is 2. The molecule has 0 N–H and O–H groups in total. The first-order valence-electron chi connectivity index (χ1n) is 3.29. The second-order valence-corrected chi connectivity index (χ2v) is 3.77. The van der Waals surface area contributed by atoms with Gasteiger partial charge in [-0.15, -0.1) is 0 Å². The summed E-state index contributed by atoms with van der Waals surface area (Å²) in [4.78, 5) is 0. The fraction of sp³-hybridized carbons (Fsp3) is 0.143. The molecule has 1 aromatic carbocycles. The lowest BCUT2D eigenvalue weighted by molar-refractivity contribution is 0.440. The van der Waals surface area contributed by atoms with E-state index >= 15 is 0 Å². The fourth-order valence-electron chi connectivity index (χ4n) is 0.781. The number of benzene rings is 1. The van der Waals surface area contributed by atoms with E-state index in [0.717, 1.165) is 5.56 Å². The molecule has 6 heteroatoms. The molecule has 1 rings (SSSR count). The van der Waals surface area contributed by atoms with E-state index in [1.807, 2.05) is 0 Å². The Morgan fingerprint density at radius 1 is 1.46 bits per heavy atom. The quantitative estimate of drug-likeness (QED) is 0.724. The first kappa shape index (κ1) is 10.3. The zero-order chi connectivity index (χ0) is 10.1. The first-order valence-corrected chi connectivity index (χ1v) is 4.97. The van der Waals surface area contributed by atoms with Crippen LogP contribution in [-0.4, -0.2) is 8.42 Å². The Morgan fingerprint density at radius 2 is 2.08 bits per heavy atom. The smallest absolute Gasteiger partial charge is 0.357 e. The van der Waals surface area contributed by atoms with E-state index in [2.05, 4.69) is 4.18 Å². The Morgan fingerprint density at radius 3 is 2.54 bits per heavy atom. The fourth-order valence-corrected chi connectivity index (χ4v) is 1.46. The van der Waals surface area contributed by atoms with E-state index in [1.54, 1.807) is 13.0 Å². The van der Waals surface area contributed by atoms with Gasteiger partial charge in [-0.2, -0.15) is 8.42 Å². The molecule has 0 atom stereocenters. The summed E-state index contributed by atoms with van der Waals surface area (Å²) in [6, 6.07) is 4.32. The third-order valence-electron chi connectivity index (χ3n) is 1.28. The molecule has 72 valence electrons. The standard InChI is InChI=1S/C7H6ClFO3S/c1-5-2-3-7(6(8)4-5)12-13(9,10)11/h2-4H,1H3. The maximum absolute atomic E-state index is 12.0. The highest BCUT2D eigenvalue weighted by molar-refractivity contribution is 7.81. The largest absolute Gasteiger partial charge is 0.488 e. The second-order valence-electron chi connectivity index (χ2n) is 2.41. The van der Waals surface area contributed by atoms with Gasteiger partial charge in [0.05, 0.1) is 5.02 Å². The van der Waals surface area contributed by atoms with Crippen LogP contribution < -0.4 is 4.18 Å². The predicted molar refractivity (Wildman–Crippen MR) is 46.8 cm³/mol. The highest BCUT2D eigenvalue weighted by atomic mass is 35.5. The van der Waals surface area contributed by atoms with Crippen molar-refractivity contribution < 1.29 is 16.5 Å². The van der Waals surface area contributed by atoms with Crippen molar-refractivity contribution in [1.29, 1.82) is 0 Å². The molecule has 0 amide bonds. The van der Waals surface area contributed by atoms with Gasteiger partial charge in [0.15, 0.2) is 5.75 Å². The van der Waals surface area contributed by atoms with Crippen molar-refractivity contribution in [3.8, 4) is 5.75 Å². The molecular weight excluding hydrogens is 219 g/mol. The Bertz CT molecular complexity index is 416. The van der Waals surface area contributed by atoms with Crippen molar-refractivity contribution in [2.45, 2.75) is 6.92 Å². The summed E-state index contributed by atoms with van der Waals surface area (Å²) >= 11 is 5.58. The van der Waals surface area contributed by atoms with Gasteiger partial charge in [0.1, 0.15) is 0 Å². The summed E-state index contributed by atoms with van der Waals surface area (Å²) in [5.41, 5.74) is 0.827. The van der Waals surface area contributed by atoms with Gasteiger partial charge in [0, 0.05) is 0 Å². The van der Waals surface area contributed by atoms with Crippen LogP contribution in [0.1, 0.15) is 5.56 Å². The SMILES string of the molecule is Cc1ccc(OS(=O)(=O)F)c(Cl)c1. The molecule has 0 aliphatic rings. The summed E-state index contributed by atoms with van der Waals surface area (Å²) < 4.78 is 36.2. The summed E-state index contributed by atoms with van der Waals surface area (Å²) in [7, 11) is -5.00. The van der Waals surface area contributed by atoms with Crippen LogP contribution >= 0.6 is 11.6 Å². The van der Waals surface area contributed by atoms with E-state index in [0.29, 0.717) is 0 Å². The van der Waals surface area contributed by atoms with E-state index in [1.165, 1.54) is 12.1 Å². The molecule has 0 heterocycles. The van der Waals surface area contributed by atoms with Gasteiger partial charge in [-0.1, -0.05) is 21.6 Å². The molecular formula is C7H6ClFO3S. The van der Waals surface area contributed by atoms with Gasteiger partial charge in [0.25, 0.3) is 0 Å². The zero-order valence-electron chi connectivity index (χ0n) is 6.62. The molecule has 1 aromatic rings. The van der Waals surface area contributed by atoms with Gasteiger partial charge in [0.2, 0.25) is 0 Å². The van der Waals surface area contributed by atoms with Crippen molar-refractivity contribution in [1.82, 2.24) is 0 Å². The van der Waals surface area contributed by atoms with Crippen LogP contribution in [0.5, 0.6) is 5.75 Å². The van der Waals surface area contributed by atoms with Crippen LogP contribution in [0.25, 0.3) is 0 Å². The monoisotopic (exact) mass is 224 g/mol. The van der Waals surface area contributed by atoms with E-state index < -0.39 is 10.5 Å². The van der Waals surface area contributed by atoms with Crippen LogP contribution in [-0.2, 0) is 10.5 Å². The lowest BCUT2D eigenvalue weighted by atomic mass is 10.2. The Hall–Kier alpha value is -0.810. The van der Waals surface area contributed by atoms with E-state index in [-0.39, 0.29) is 10.8 Å². The number of hydrogen-bond donors (Lipinski definition) is 0. The molecule has 0 spiro atoms. The topological polar surface area (TPSA) is 43.4 Å². The van der Waals surface area contributed by atoms with Gasteiger partial charge >= 0.3 is 10.5 Å². The van der Waals surface area contributed by atoms with Crippen molar-refractivity contribution in [2.75, 3.05) is 0 Å². The van der Waals surface area contributed by atoms with E-state index in [4.69, 9.17) is 11.6 Å². The van der Waals surface area contributed by atoms with Gasteiger partial charge in [-0.05, 0) is 24.6 Å². The molecule has 0 saturated carbocycles. The summed E-state index contributed by atoms with van der Waals surface area (Å²) in [5, 5.41) is 0.0567. The minimum Gasteiger partial charge on any atom is -0.357 e. The molecule has 0 aromatic heterocycles. The van der Waals surface area contributed by atoms with Gasteiger partial charge in [-0.3, -0.25) is 0 Å². The molecule has 3 nitrogen and oxygen atoms in total. The van der Waals surface area contributed by atoms with Crippen molar-refractivity contribution >= 4 is 22.1 Å². The number of aryl methyl sites for hydroxylation is 1. The summed E-state index contributed by atoms with van der Waals surface area (Å²) in [6.07, 6.45) is 0. The highest BCUT2D eigenvalue weighted by Crippen LogP contribution is 2.26. The molecule has 0 aliphatic heterocycles. The van der Waals surface area contributed by atoms with Crippen molar-refractivity contribution in [2.24, 2.45) is 0 Å². The molecule has 0 unspecified atom stereocenters. The second kappa shape index (κ2) is 3.51. The lowest BCUT2D eigenvalue weighted by Gasteiger charge is -2.02. The summed E-state index contributed by atoms with van der Waals surface area (Å²) in [6.45, 7) is 1.76. The third-order valence-corrected chi connectivity index (χ3v) is 1.95. The highest BCUT2D eigenvalue weighted by Gasteiger charge is 2.12. The van der Waals surface area contributed by atoms with Crippen LogP contribution in [0.3, 0.4) is 0 Å². The molecule has 0 bridgehead atoms. The van der Waals surface area contributed by atoms with E-state index in [9.17, 15) is 12.3 Å².